The van der Waals surface area contributed by atoms with Crippen molar-refractivity contribution in [3.63, 3.8) is 0 Å². The van der Waals surface area contributed by atoms with Crippen LogP contribution in [0.25, 0.3) is 0 Å². The quantitative estimate of drug-likeness (QED) is 0.263. The Labute approximate surface area is 185 Å². The number of hydrogen-bond acceptors (Lipinski definition) is 0. The molecule has 0 amide bonds. The summed E-state index contributed by atoms with van der Waals surface area (Å²) in [6.45, 7) is 3.73. The van der Waals surface area contributed by atoms with Crippen molar-refractivity contribution in [1.82, 2.24) is 4.48 Å². The molecule has 4 heterocycles. The Bertz CT molecular complexity index is 1040. The number of halogens is 4. The minimum absolute atomic E-state index is 0.128. The minimum Gasteiger partial charge on any atom is -0.396 e. The number of hydrogen-bond donors (Lipinski definition) is 0. The van der Waals surface area contributed by atoms with E-state index in [1.165, 1.54) is 8.96 Å². The summed E-state index contributed by atoms with van der Waals surface area (Å²) in [6, 6.07) is 3.77. The fraction of sp³-hybridized carbons (Fsp3) is 0.368. The van der Waals surface area contributed by atoms with Gasteiger partial charge in [-0.05, 0) is 82.8 Å². The zero-order valence-corrected chi connectivity index (χ0v) is 20.2. The third-order valence-corrected chi connectivity index (χ3v) is 9.29. The normalized spacial score (nSPS) is 23.7. The van der Waals surface area contributed by atoms with Crippen LogP contribution in [0.5, 0.6) is 0 Å². The highest BCUT2D eigenvalue weighted by atomic mass is 127. The maximum atomic E-state index is 15.8. The molecule has 0 radical (unpaired) electrons. The lowest BCUT2D eigenvalue weighted by Crippen LogP contribution is -2.59. The van der Waals surface area contributed by atoms with E-state index >= 15 is 8.63 Å². The van der Waals surface area contributed by atoms with Crippen LogP contribution in [0.2, 0.25) is 0 Å². The number of allylic oxidation sites excluding steroid dienone is 1. The van der Waals surface area contributed by atoms with Gasteiger partial charge in [-0.2, -0.15) is 0 Å². The van der Waals surface area contributed by atoms with Crippen LogP contribution < -0.4 is 4.57 Å². The lowest BCUT2D eigenvalue weighted by molar-refractivity contribution is -0.671. The molecule has 0 spiro atoms. The number of aromatic nitrogens is 2. The maximum absolute atomic E-state index is 15.8. The SMILES string of the molecule is CC1=C(I)C(C)=[N+]2C1C(c1cc[n+](C)cc1)c1c(C)c(I)c(C)n1[B-]2(F)F. The second-order valence-corrected chi connectivity index (χ2v) is 9.73. The summed E-state index contributed by atoms with van der Waals surface area (Å²) in [7, 11) is 1.97. The van der Waals surface area contributed by atoms with E-state index in [1.807, 2.05) is 51.7 Å². The second kappa shape index (κ2) is 6.37. The van der Waals surface area contributed by atoms with Crippen molar-refractivity contribution in [2.24, 2.45) is 7.05 Å². The monoisotopic (exact) mass is 594 g/mol. The van der Waals surface area contributed by atoms with Gasteiger partial charge in [0.2, 0.25) is 0 Å². The molecule has 142 valence electrons. The van der Waals surface area contributed by atoms with Crippen LogP contribution in [0.4, 0.5) is 8.63 Å². The van der Waals surface area contributed by atoms with E-state index in [0.717, 1.165) is 29.5 Å². The van der Waals surface area contributed by atoms with E-state index in [-0.39, 0.29) is 12.0 Å². The predicted molar refractivity (Wildman–Crippen MR) is 121 cm³/mol. The lowest BCUT2D eigenvalue weighted by Gasteiger charge is -2.41. The van der Waals surface area contributed by atoms with Crippen LogP contribution in [-0.4, -0.2) is 27.7 Å². The van der Waals surface area contributed by atoms with Crippen molar-refractivity contribution in [3.8, 4) is 0 Å². The summed E-state index contributed by atoms with van der Waals surface area (Å²) in [5, 5.41) is 0. The van der Waals surface area contributed by atoms with Gasteiger partial charge in [-0.1, -0.05) is 0 Å². The van der Waals surface area contributed by atoms with Crippen molar-refractivity contribution in [2.75, 3.05) is 0 Å². The highest BCUT2D eigenvalue weighted by molar-refractivity contribution is 14.1. The third-order valence-electron chi connectivity index (χ3n) is 6.07. The molecule has 2 aliphatic rings. The van der Waals surface area contributed by atoms with Crippen LogP contribution in [0, 0.1) is 17.4 Å². The second-order valence-electron chi connectivity index (χ2n) is 7.58. The van der Waals surface area contributed by atoms with Crippen LogP contribution in [0.3, 0.4) is 0 Å². The first-order chi connectivity index (χ1) is 12.6. The summed E-state index contributed by atoms with van der Waals surface area (Å²) in [5.41, 5.74) is 5.18. The summed E-state index contributed by atoms with van der Waals surface area (Å²) >= 11 is 4.44. The number of aryl methyl sites for hydroxylation is 1. The molecule has 2 aromatic rings. The zero-order chi connectivity index (χ0) is 19.8. The molecule has 8 heteroatoms. The fourth-order valence-electron chi connectivity index (χ4n) is 4.75. The van der Waals surface area contributed by atoms with E-state index in [4.69, 9.17) is 0 Å². The van der Waals surface area contributed by atoms with E-state index in [1.54, 1.807) is 0 Å². The van der Waals surface area contributed by atoms with E-state index in [2.05, 4.69) is 57.3 Å². The van der Waals surface area contributed by atoms with Gasteiger partial charge in [-0.3, -0.25) is 0 Å². The van der Waals surface area contributed by atoms with Gasteiger partial charge in [-0.25, -0.2) is 4.57 Å². The number of fused-ring (bicyclic) bond motifs is 2. The average molecular weight is 594 g/mol. The standard InChI is InChI=1S/C19H21BF2I2N3/c1-10-16(23)12(3)26-18(10)15(14-6-8-25(5)9-7-14)19-11(2)17(24)13(4)27(19)20(26,21)22/h6-9,15,18H,1-5H3/q+1. The molecule has 3 nitrogen and oxygen atoms in total. The topological polar surface area (TPSA) is 11.8 Å². The zero-order valence-electron chi connectivity index (χ0n) is 15.9. The van der Waals surface area contributed by atoms with Gasteiger partial charge in [0.1, 0.15) is 18.8 Å². The first-order valence-electron chi connectivity index (χ1n) is 8.92. The summed E-state index contributed by atoms with van der Waals surface area (Å²) in [5.74, 6) is -0.128. The first-order valence-corrected chi connectivity index (χ1v) is 11.1. The molecule has 0 bridgehead atoms. The van der Waals surface area contributed by atoms with E-state index < -0.39 is 6.97 Å². The Morgan fingerprint density at radius 3 is 2.26 bits per heavy atom. The molecule has 2 atom stereocenters. The van der Waals surface area contributed by atoms with Gasteiger partial charge in [-0.15, -0.1) is 0 Å². The number of rotatable bonds is 1. The van der Waals surface area contributed by atoms with Gasteiger partial charge >= 0.3 is 6.97 Å². The van der Waals surface area contributed by atoms with Gasteiger partial charge in [0.25, 0.3) is 0 Å². The van der Waals surface area contributed by atoms with Crippen LogP contribution in [-0.2, 0) is 7.05 Å². The van der Waals surface area contributed by atoms with E-state index in [9.17, 15) is 0 Å². The predicted octanol–water partition coefficient (Wildman–Crippen LogP) is 4.47. The molecule has 0 saturated carbocycles. The van der Waals surface area contributed by atoms with Gasteiger partial charge in [0, 0.05) is 33.9 Å². The highest BCUT2D eigenvalue weighted by Crippen LogP contribution is 2.48. The van der Waals surface area contributed by atoms with Crippen molar-refractivity contribution >= 4 is 57.9 Å². The maximum Gasteiger partial charge on any atom is 0.732 e. The summed E-state index contributed by atoms with van der Waals surface area (Å²) in [6.07, 6.45) is 3.99. The van der Waals surface area contributed by atoms with Crippen molar-refractivity contribution in [2.45, 2.75) is 39.7 Å². The van der Waals surface area contributed by atoms with Crippen molar-refractivity contribution in [3.05, 3.63) is 59.8 Å². The molecule has 0 aliphatic carbocycles. The molecule has 2 aromatic heterocycles. The molecule has 4 rings (SSSR count). The smallest absolute Gasteiger partial charge is 0.396 e. The average Bonchev–Trinajstić information content (AvgIpc) is 2.98. The Morgan fingerprint density at radius 2 is 1.67 bits per heavy atom. The summed E-state index contributed by atoms with van der Waals surface area (Å²) in [4.78, 5) is 0. The summed E-state index contributed by atoms with van der Waals surface area (Å²) < 4.78 is 38.3. The van der Waals surface area contributed by atoms with Crippen molar-refractivity contribution in [1.29, 1.82) is 0 Å². The number of pyridine rings is 1. The molecule has 2 unspecified atom stereocenters. The molecule has 0 N–H and O–H groups in total. The largest absolute Gasteiger partial charge is 0.732 e. The molecule has 27 heavy (non-hydrogen) atoms. The highest BCUT2D eigenvalue weighted by Gasteiger charge is 2.60. The molecule has 0 fully saturated rings. The number of nitrogens with zero attached hydrogens (tertiary/aromatic N) is 3. The Kier molecular flexibility index (Phi) is 4.61. The van der Waals surface area contributed by atoms with Crippen LogP contribution >= 0.6 is 45.2 Å². The third kappa shape index (κ3) is 2.54. The molecular weight excluding hydrogens is 573 g/mol. The van der Waals surface area contributed by atoms with Crippen LogP contribution in [0.1, 0.15) is 42.3 Å². The minimum atomic E-state index is -3.89. The van der Waals surface area contributed by atoms with Gasteiger partial charge in [0.05, 0.1) is 9.50 Å². The first kappa shape index (κ1) is 19.5. The molecule has 0 aromatic carbocycles. The van der Waals surface area contributed by atoms with Crippen LogP contribution in [0.15, 0.2) is 33.7 Å². The van der Waals surface area contributed by atoms with Gasteiger partial charge < -0.3 is 17.6 Å². The molecule has 0 saturated heterocycles. The molecular formula is C19H21BF2I2N3+. The Morgan fingerprint density at radius 1 is 1.07 bits per heavy atom. The molecule has 2 aliphatic heterocycles. The van der Waals surface area contributed by atoms with Gasteiger partial charge in [0.15, 0.2) is 12.4 Å². The Hall–Kier alpha value is -0.775. The lowest BCUT2D eigenvalue weighted by atomic mass is 9.75. The van der Waals surface area contributed by atoms with Crippen molar-refractivity contribution < 1.29 is 17.7 Å². The Balaban J connectivity index is 2.11. The van der Waals surface area contributed by atoms with E-state index in [0.29, 0.717) is 11.4 Å². The fourth-order valence-corrected chi connectivity index (χ4v) is 5.88.